The van der Waals surface area contributed by atoms with Crippen LogP contribution in [-0.2, 0) is 10.3 Å². The Bertz CT molecular complexity index is 1100. The molecule has 1 saturated heterocycles. The number of nitrogens with two attached hydrogens (primary N) is 1. The second-order valence-electron chi connectivity index (χ2n) is 10.6. The molecule has 0 saturated carbocycles. The van der Waals surface area contributed by atoms with Gasteiger partial charge in [-0.25, -0.2) is 4.39 Å². The highest BCUT2D eigenvalue weighted by molar-refractivity contribution is 6.42. The zero-order chi connectivity index (χ0) is 26.8. The molecule has 10 heteroatoms. The fourth-order valence-electron chi connectivity index (χ4n) is 4.94. The third-order valence-electron chi connectivity index (χ3n) is 6.59. The Kier molecular flexibility index (Phi) is 9.31. The van der Waals surface area contributed by atoms with Crippen molar-refractivity contribution in [1.29, 1.82) is 0 Å². The fraction of sp³-hybridized carbons (Fsp3) is 0.500. The molecular formula is C26H33Cl3FN3O3. The lowest BCUT2D eigenvalue weighted by Gasteiger charge is -2.40. The molecule has 0 spiro atoms. The molecule has 1 aliphatic rings. The van der Waals surface area contributed by atoms with Gasteiger partial charge in [0, 0.05) is 29.1 Å². The number of amides is 1. The number of rotatable bonds is 8. The molecule has 0 radical (unpaired) electrons. The first-order valence-electron chi connectivity index (χ1n) is 11.8. The van der Waals surface area contributed by atoms with Gasteiger partial charge in [-0.05, 0) is 48.1 Å². The van der Waals surface area contributed by atoms with E-state index in [4.69, 9.17) is 45.6 Å². The van der Waals surface area contributed by atoms with E-state index in [1.807, 2.05) is 20.8 Å². The summed E-state index contributed by atoms with van der Waals surface area (Å²) in [5.41, 5.74) is 6.50. The summed E-state index contributed by atoms with van der Waals surface area (Å²) >= 11 is 18.6. The van der Waals surface area contributed by atoms with Gasteiger partial charge >= 0.3 is 0 Å². The van der Waals surface area contributed by atoms with Crippen molar-refractivity contribution in [2.24, 2.45) is 11.1 Å². The van der Waals surface area contributed by atoms with E-state index in [0.717, 1.165) is 0 Å². The highest BCUT2D eigenvalue weighted by atomic mass is 35.5. The van der Waals surface area contributed by atoms with E-state index in [1.54, 1.807) is 30.3 Å². The maximum Gasteiger partial charge on any atom is 0.237 e. The molecule has 0 aliphatic carbocycles. The van der Waals surface area contributed by atoms with E-state index in [1.165, 1.54) is 6.07 Å². The Labute approximate surface area is 226 Å². The molecule has 36 heavy (non-hydrogen) atoms. The summed E-state index contributed by atoms with van der Waals surface area (Å²) in [6.45, 7) is 5.88. The minimum absolute atomic E-state index is 0.143. The Morgan fingerprint density at radius 1 is 1.19 bits per heavy atom. The molecular weight excluding hydrogens is 528 g/mol. The third-order valence-corrected chi connectivity index (χ3v) is 7.57. The van der Waals surface area contributed by atoms with Crippen LogP contribution in [0.2, 0.25) is 15.1 Å². The zero-order valence-electron chi connectivity index (χ0n) is 20.5. The zero-order valence-corrected chi connectivity index (χ0v) is 22.8. The third kappa shape index (κ3) is 6.33. The lowest BCUT2D eigenvalue weighted by atomic mass is 9.68. The van der Waals surface area contributed by atoms with E-state index in [-0.39, 0.29) is 39.9 Å². The number of halogens is 4. The van der Waals surface area contributed by atoms with Crippen LogP contribution in [0.15, 0.2) is 36.4 Å². The number of benzene rings is 2. The molecule has 0 aromatic heterocycles. The standard InChI is InChI=1S/C26H33Cl3FN3O3/c1-25(2,3)12-21-26(31,17-6-5-15(27)11-20(17)30)22(14-4-7-18(28)19(29)10-14)23(33-21)24(36)32-9-8-16(35)13-34/h4-7,10-11,16,21-23,33-35H,8-9,12-13,31H2,1-3H3,(H,32,36). The van der Waals surface area contributed by atoms with Gasteiger partial charge in [0.05, 0.1) is 34.3 Å². The number of hydrogen-bond donors (Lipinski definition) is 5. The van der Waals surface area contributed by atoms with Gasteiger partial charge in [-0.15, -0.1) is 0 Å². The summed E-state index contributed by atoms with van der Waals surface area (Å²) in [7, 11) is 0. The average Bonchev–Trinajstić information content (AvgIpc) is 3.06. The number of carbonyl (C=O) groups excluding carboxylic acids is 1. The smallest absolute Gasteiger partial charge is 0.237 e. The second-order valence-corrected chi connectivity index (χ2v) is 11.8. The van der Waals surface area contributed by atoms with Crippen LogP contribution < -0.4 is 16.4 Å². The van der Waals surface area contributed by atoms with E-state index < -0.39 is 42.1 Å². The van der Waals surface area contributed by atoms with E-state index >= 15 is 4.39 Å². The molecule has 3 rings (SSSR count). The molecule has 1 heterocycles. The Hall–Kier alpha value is -1.45. The quantitative estimate of drug-likeness (QED) is 0.330. The van der Waals surface area contributed by atoms with Crippen molar-refractivity contribution >= 4 is 40.7 Å². The van der Waals surface area contributed by atoms with Gasteiger partial charge in [-0.1, -0.05) is 67.7 Å². The van der Waals surface area contributed by atoms with Crippen molar-refractivity contribution < 1.29 is 19.4 Å². The summed E-state index contributed by atoms with van der Waals surface area (Å²) in [6.07, 6.45) is -0.230. The lowest BCUT2D eigenvalue weighted by molar-refractivity contribution is -0.123. The first kappa shape index (κ1) is 29.1. The number of aliphatic hydroxyl groups is 2. The molecule has 5 atom stereocenters. The largest absolute Gasteiger partial charge is 0.394 e. The average molecular weight is 561 g/mol. The normalized spacial score (nSPS) is 25.1. The molecule has 2 aromatic carbocycles. The van der Waals surface area contributed by atoms with Gasteiger partial charge in [-0.3, -0.25) is 4.79 Å². The predicted octanol–water partition coefficient (Wildman–Crippen LogP) is 4.36. The van der Waals surface area contributed by atoms with Gasteiger partial charge in [0.25, 0.3) is 0 Å². The molecule has 5 unspecified atom stereocenters. The number of carbonyl (C=O) groups is 1. The van der Waals surface area contributed by atoms with Crippen molar-refractivity contribution in [1.82, 2.24) is 10.6 Å². The predicted molar refractivity (Wildman–Crippen MR) is 142 cm³/mol. The van der Waals surface area contributed by atoms with Crippen molar-refractivity contribution in [3.05, 3.63) is 68.4 Å². The van der Waals surface area contributed by atoms with Crippen LogP contribution >= 0.6 is 34.8 Å². The summed E-state index contributed by atoms with van der Waals surface area (Å²) in [4.78, 5) is 13.5. The molecule has 6 N–H and O–H groups in total. The van der Waals surface area contributed by atoms with Crippen LogP contribution in [-0.4, -0.2) is 47.5 Å². The topological polar surface area (TPSA) is 108 Å². The summed E-state index contributed by atoms with van der Waals surface area (Å²) in [5, 5.41) is 25.8. The maximum atomic E-state index is 15.5. The van der Waals surface area contributed by atoms with Crippen molar-refractivity contribution in [3.63, 3.8) is 0 Å². The monoisotopic (exact) mass is 559 g/mol. The maximum absolute atomic E-state index is 15.5. The van der Waals surface area contributed by atoms with Gasteiger partial charge < -0.3 is 26.6 Å². The Balaban J connectivity index is 2.15. The van der Waals surface area contributed by atoms with Crippen molar-refractivity contribution in [2.75, 3.05) is 13.2 Å². The van der Waals surface area contributed by atoms with Crippen LogP contribution in [0.1, 0.15) is 50.7 Å². The van der Waals surface area contributed by atoms with Gasteiger partial charge in [0.2, 0.25) is 5.91 Å². The Morgan fingerprint density at radius 3 is 2.47 bits per heavy atom. The van der Waals surface area contributed by atoms with E-state index in [2.05, 4.69) is 10.6 Å². The highest BCUT2D eigenvalue weighted by Crippen LogP contribution is 2.49. The van der Waals surface area contributed by atoms with Crippen LogP contribution in [0.4, 0.5) is 4.39 Å². The molecule has 2 aromatic rings. The van der Waals surface area contributed by atoms with E-state index in [0.29, 0.717) is 17.0 Å². The minimum Gasteiger partial charge on any atom is -0.394 e. The highest BCUT2D eigenvalue weighted by Gasteiger charge is 2.57. The minimum atomic E-state index is -1.36. The SMILES string of the molecule is CC(C)(C)CC1NC(C(=O)NCCC(O)CO)C(c2ccc(Cl)c(Cl)c2)C1(N)c1ccc(Cl)cc1F. The van der Waals surface area contributed by atoms with Gasteiger partial charge in [0.1, 0.15) is 5.82 Å². The second kappa shape index (κ2) is 11.5. The summed E-state index contributed by atoms with van der Waals surface area (Å²) < 4.78 is 15.5. The molecule has 6 nitrogen and oxygen atoms in total. The van der Waals surface area contributed by atoms with Crippen LogP contribution in [0.5, 0.6) is 0 Å². The Morgan fingerprint density at radius 2 is 1.89 bits per heavy atom. The van der Waals surface area contributed by atoms with Gasteiger partial charge in [0.15, 0.2) is 0 Å². The molecule has 1 fully saturated rings. The van der Waals surface area contributed by atoms with Crippen LogP contribution in [0, 0.1) is 11.2 Å². The lowest BCUT2D eigenvalue weighted by Crippen LogP contribution is -2.52. The van der Waals surface area contributed by atoms with Gasteiger partial charge in [-0.2, -0.15) is 0 Å². The molecule has 1 amide bonds. The molecule has 0 bridgehead atoms. The number of hydrogen-bond acceptors (Lipinski definition) is 5. The van der Waals surface area contributed by atoms with Crippen molar-refractivity contribution in [3.8, 4) is 0 Å². The summed E-state index contributed by atoms with van der Waals surface area (Å²) in [5.74, 6) is -1.65. The molecule has 198 valence electrons. The fourth-order valence-corrected chi connectivity index (χ4v) is 5.41. The van der Waals surface area contributed by atoms with E-state index in [9.17, 15) is 9.90 Å². The first-order valence-corrected chi connectivity index (χ1v) is 12.9. The van der Waals surface area contributed by atoms with Crippen LogP contribution in [0.3, 0.4) is 0 Å². The van der Waals surface area contributed by atoms with Crippen LogP contribution in [0.25, 0.3) is 0 Å². The van der Waals surface area contributed by atoms with Crippen molar-refractivity contribution in [2.45, 2.75) is 63.3 Å². The number of aliphatic hydroxyl groups excluding tert-OH is 2. The molecule has 1 aliphatic heterocycles. The number of nitrogens with one attached hydrogen (secondary N) is 2. The first-order chi connectivity index (χ1) is 16.8. The summed E-state index contributed by atoms with van der Waals surface area (Å²) in [6, 6.07) is 8.05.